The molecule has 0 saturated carbocycles. The Morgan fingerprint density at radius 2 is 1.94 bits per heavy atom. The van der Waals surface area contributed by atoms with Gasteiger partial charge in [-0.1, -0.05) is 0 Å². The fourth-order valence-corrected chi connectivity index (χ4v) is 0.698. The SMILES string of the molecule is COCCOCCOC(=O)OCC(N)CO. The van der Waals surface area contributed by atoms with Crippen LogP contribution in [-0.2, 0) is 18.9 Å². The number of ether oxygens (including phenoxy) is 4. The number of hydrogen-bond donors (Lipinski definition) is 2. The van der Waals surface area contributed by atoms with Crippen LogP contribution in [0.5, 0.6) is 0 Å². The Morgan fingerprint density at radius 3 is 2.56 bits per heavy atom. The highest BCUT2D eigenvalue weighted by molar-refractivity contribution is 5.59. The smallest absolute Gasteiger partial charge is 0.433 e. The molecule has 96 valence electrons. The summed E-state index contributed by atoms with van der Waals surface area (Å²) in [5, 5.41) is 8.56. The van der Waals surface area contributed by atoms with Crippen molar-refractivity contribution < 1.29 is 28.8 Å². The summed E-state index contributed by atoms with van der Waals surface area (Å²) >= 11 is 0. The van der Waals surface area contributed by atoms with Crippen LogP contribution in [0.2, 0.25) is 0 Å². The summed E-state index contributed by atoms with van der Waals surface area (Å²) in [7, 11) is 1.57. The van der Waals surface area contributed by atoms with Gasteiger partial charge in [0.2, 0.25) is 0 Å². The van der Waals surface area contributed by atoms with E-state index in [0.29, 0.717) is 13.2 Å². The molecule has 0 spiro atoms. The van der Waals surface area contributed by atoms with E-state index in [2.05, 4.69) is 9.47 Å². The minimum Gasteiger partial charge on any atom is -0.433 e. The standard InChI is InChI=1S/C9H19NO6/c1-13-2-3-14-4-5-15-9(12)16-7-8(10)6-11/h8,11H,2-7,10H2,1H3. The van der Waals surface area contributed by atoms with E-state index in [1.165, 1.54) is 0 Å². The first-order valence-corrected chi connectivity index (χ1v) is 4.93. The van der Waals surface area contributed by atoms with Crippen molar-refractivity contribution in [2.45, 2.75) is 6.04 Å². The molecular weight excluding hydrogens is 218 g/mol. The van der Waals surface area contributed by atoms with Gasteiger partial charge in [-0.3, -0.25) is 0 Å². The summed E-state index contributed by atoms with van der Waals surface area (Å²) in [4.78, 5) is 10.9. The van der Waals surface area contributed by atoms with Crippen molar-refractivity contribution in [1.29, 1.82) is 0 Å². The van der Waals surface area contributed by atoms with Gasteiger partial charge in [0.25, 0.3) is 0 Å². The van der Waals surface area contributed by atoms with Crippen LogP contribution < -0.4 is 5.73 Å². The van der Waals surface area contributed by atoms with Crippen LogP contribution >= 0.6 is 0 Å². The van der Waals surface area contributed by atoms with E-state index < -0.39 is 12.2 Å². The van der Waals surface area contributed by atoms with Crippen molar-refractivity contribution in [3.63, 3.8) is 0 Å². The van der Waals surface area contributed by atoms with Crippen molar-refractivity contribution in [1.82, 2.24) is 0 Å². The lowest BCUT2D eigenvalue weighted by atomic mass is 10.4. The molecule has 1 unspecified atom stereocenters. The van der Waals surface area contributed by atoms with Crippen LogP contribution in [0.25, 0.3) is 0 Å². The zero-order valence-corrected chi connectivity index (χ0v) is 9.39. The number of carbonyl (C=O) groups is 1. The number of aliphatic hydroxyl groups is 1. The van der Waals surface area contributed by atoms with Gasteiger partial charge in [-0.25, -0.2) is 4.79 Å². The molecule has 0 bridgehead atoms. The van der Waals surface area contributed by atoms with Crippen LogP contribution in [0, 0.1) is 0 Å². The second kappa shape index (κ2) is 10.6. The predicted octanol–water partition coefficient (Wildman–Crippen LogP) is -0.878. The number of carbonyl (C=O) groups excluding carboxylic acids is 1. The number of rotatable bonds is 9. The third-order valence-corrected chi connectivity index (χ3v) is 1.53. The molecule has 0 aliphatic heterocycles. The van der Waals surface area contributed by atoms with Crippen molar-refractivity contribution in [3.05, 3.63) is 0 Å². The lowest BCUT2D eigenvalue weighted by Crippen LogP contribution is -2.31. The van der Waals surface area contributed by atoms with Crippen molar-refractivity contribution >= 4 is 6.16 Å². The molecule has 16 heavy (non-hydrogen) atoms. The van der Waals surface area contributed by atoms with Crippen LogP contribution in [-0.4, -0.2) is 64.1 Å². The highest BCUT2D eigenvalue weighted by Gasteiger charge is 2.07. The Labute approximate surface area is 94.4 Å². The first-order chi connectivity index (χ1) is 7.70. The summed E-state index contributed by atoms with van der Waals surface area (Å²) in [6.45, 7) is 1.02. The van der Waals surface area contributed by atoms with Crippen LogP contribution in [0.15, 0.2) is 0 Å². The van der Waals surface area contributed by atoms with E-state index in [-0.39, 0.29) is 26.4 Å². The molecule has 0 amide bonds. The Kier molecular flexibility index (Phi) is 10.0. The van der Waals surface area contributed by atoms with E-state index in [0.717, 1.165) is 0 Å². The van der Waals surface area contributed by atoms with Gasteiger partial charge in [-0.2, -0.15) is 0 Å². The molecule has 0 radical (unpaired) electrons. The van der Waals surface area contributed by atoms with Crippen molar-refractivity contribution in [2.75, 3.05) is 46.8 Å². The molecule has 0 aliphatic rings. The topological polar surface area (TPSA) is 100 Å². The van der Waals surface area contributed by atoms with Gasteiger partial charge in [-0.15, -0.1) is 0 Å². The first kappa shape index (κ1) is 15.1. The Morgan fingerprint density at radius 1 is 1.25 bits per heavy atom. The van der Waals surface area contributed by atoms with E-state index in [9.17, 15) is 4.79 Å². The van der Waals surface area contributed by atoms with E-state index in [1.54, 1.807) is 7.11 Å². The summed E-state index contributed by atoms with van der Waals surface area (Å²) in [5.41, 5.74) is 5.31. The predicted molar refractivity (Wildman–Crippen MR) is 55.1 cm³/mol. The minimum atomic E-state index is -0.820. The zero-order valence-electron chi connectivity index (χ0n) is 9.39. The highest BCUT2D eigenvalue weighted by Crippen LogP contribution is 1.88. The average molecular weight is 237 g/mol. The third kappa shape index (κ3) is 9.66. The molecule has 7 nitrogen and oxygen atoms in total. The molecule has 1 atom stereocenters. The minimum absolute atomic E-state index is 0.0696. The van der Waals surface area contributed by atoms with E-state index in [1.807, 2.05) is 0 Å². The molecule has 0 heterocycles. The average Bonchev–Trinajstić information content (AvgIpc) is 2.30. The van der Waals surface area contributed by atoms with Crippen LogP contribution in [0.4, 0.5) is 4.79 Å². The first-order valence-electron chi connectivity index (χ1n) is 4.93. The maximum atomic E-state index is 10.9. The zero-order chi connectivity index (χ0) is 12.2. The van der Waals surface area contributed by atoms with E-state index >= 15 is 0 Å². The normalized spacial score (nSPS) is 12.2. The largest absolute Gasteiger partial charge is 0.508 e. The molecule has 0 saturated heterocycles. The van der Waals surface area contributed by atoms with Crippen molar-refractivity contribution in [3.8, 4) is 0 Å². The molecule has 0 aromatic carbocycles. The second-order valence-corrected chi connectivity index (χ2v) is 2.96. The summed E-state index contributed by atoms with van der Waals surface area (Å²) in [5.74, 6) is 0. The van der Waals surface area contributed by atoms with Crippen molar-refractivity contribution in [2.24, 2.45) is 5.73 Å². The molecule has 0 rings (SSSR count). The maximum Gasteiger partial charge on any atom is 0.508 e. The molecule has 0 aromatic rings. The molecule has 0 fully saturated rings. The lowest BCUT2D eigenvalue weighted by molar-refractivity contribution is 0.0122. The fourth-order valence-electron chi connectivity index (χ4n) is 0.698. The Balaban J connectivity index is 3.24. The van der Waals surface area contributed by atoms with Gasteiger partial charge in [0.05, 0.1) is 32.5 Å². The van der Waals surface area contributed by atoms with Gasteiger partial charge in [-0.05, 0) is 0 Å². The molecule has 0 aromatic heterocycles. The van der Waals surface area contributed by atoms with Crippen LogP contribution in [0.1, 0.15) is 0 Å². The number of hydrogen-bond acceptors (Lipinski definition) is 7. The quantitative estimate of drug-likeness (QED) is 0.397. The number of nitrogens with two attached hydrogens (primary N) is 1. The highest BCUT2D eigenvalue weighted by atomic mass is 16.7. The van der Waals surface area contributed by atoms with Gasteiger partial charge >= 0.3 is 6.16 Å². The van der Waals surface area contributed by atoms with Gasteiger partial charge in [0.1, 0.15) is 13.2 Å². The third-order valence-electron chi connectivity index (χ3n) is 1.53. The van der Waals surface area contributed by atoms with Gasteiger partial charge in [0.15, 0.2) is 0 Å². The maximum absolute atomic E-state index is 10.9. The fraction of sp³-hybridized carbons (Fsp3) is 0.889. The second-order valence-electron chi connectivity index (χ2n) is 2.96. The van der Waals surface area contributed by atoms with Crippen LogP contribution in [0.3, 0.4) is 0 Å². The summed E-state index contributed by atoms with van der Waals surface area (Å²) in [6.07, 6.45) is -0.820. The number of aliphatic hydroxyl groups excluding tert-OH is 1. The Hall–Kier alpha value is -0.890. The summed E-state index contributed by atoms with van der Waals surface area (Å²) < 4.78 is 19.0. The van der Waals surface area contributed by atoms with E-state index in [4.69, 9.17) is 20.3 Å². The lowest BCUT2D eigenvalue weighted by Gasteiger charge is -2.09. The molecular formula is C9H19NO6. The molecule has 7 heteroatoms. The summed E-state index contributed by atoms with van der Waals surface area (Å²) in [6, 6.07) is -0.578. The van der Waals surface area contributed by atoms with Gasteiger partial charge < -0.3 is 29.8 Å². The number of methoxy groups -OCH3 is 1. The Bertz CT molecular complexity index is 177. The molecule has 3 N–H and O–H groups in total. The monoisotopic (exact) mass is 237 g/mol. The molecule has 0 aliphatic carbocycles. The van der Waals surface area contributed by atoms with Gasteiger partial charge in [0, 0.05) is 7.11 Å².